The highest BCUT2D eigenvalue weighted by Gasteiger charge is 2.31. The molecule has 15 heavy (non-hydrogen) atoms. The number of hydrogen-bond acceptors (Lipinski definition) is 4. The summed E-state index contributed by atoms with van der Waals surface area (Å²) < 4.78 is 4.52. The Hall–Kier alpha value is -2.23. The van der Waals surface area contributed by atoms with Gasteiger partial charge in [-0.25, -0.2) is 9.59 Å². The number of aromatic nitrogens is 1. The number of carbonyl (C=O) groups excluding carboxylic acids is 2. The van der Waals surface area contributed by atoms with Crippen molar-refractivity contribution in [1.82, 2.24) is 4.98 Å². The molecule has 72 valence electrons. The van der Waals surface area contributed by atoms with Crippen LogP contribution in [0.25, 0.3) is 10.9 Å². The summed E-state index contributed by atoms with van der Waals surface area (Å²) >= 11 is 0. The molecule has 0 saturated carbocycles. The Morgan fingerprint density at radius 3 is 2.80 bits per heavy atom. The van der Waals surface area contributed by atoms with E-state index in [9.17, 15) is 9.59 Å². The van der Waals surface area contributed by atoms with Crippen LogP contribution in [0.5, 0.6) is 0 Å². The van der Waals surface area contributed by atoms with E-state index in [1.807, 2.05) is 6.07 Å². The monoisotopic (exact) mass is 199 g/mol. The Morgan fingerprint density at radius 2 is 1.93 bits per heavy atom. The predicted molar refractivity (Wildman–Crippen MR) is 51.5 cm³/mol. The van der Waals surface area contributed by atoms with Crippen molar-refractivity contribution in [1.29, 1.82) is 0 Å². The average Bonchev–Trinajstić information content (AvgIpc) is 2.55. The van der Waals surface area contributed by atoms with E-state index in [4.69, 9.17) is 0 Å². The normalized spacial score (nSPS) is 14.1. The van der Waals surface area contributed by atoms with Gasteiger partial charge in [-0.2, -0.15) is 0 Å². The van der Waals surface area contributed by atoms with Gasteiger partial charge in [-0.05, 0) is 12.1 Å². The minimum Gasteiger partial charge on any atom is -0.386 e. The largest absolute Gasteiger partial charge is 0.386 e. The van der Waals surface area contributed by atoms with Crippen molar-refractivity contribution >= 4 is 22.8 Å². The van der Waals surface area contributed by atoms with Crippen molar-refractivity contribution in [2.75, 3.05) is 0 Å². The highest BCUT2D eigenvalue weighted by molar-refractivity contribution is 6.20. The van der Waals surface area contributed by atoms with Gasteiger partial charge in [0.05, 0.1) is 11.1 Å². The van der Waals surface area contributed by atoms with Crippen molar-refractivity contribution in [2.45, 2.75) is 0 Å². The lowest BCUT2D eigenvalue weighted by Crippen LogP contribution is -1.97. The Morgan fingerprint density at radius 1 is 1.07 bits per heavy atom. The van der Waals surface area contributed by atoms with Gasteiger partial charge in [-0.3, -0.25) is 4.98 Å². The molecule has 0 unspecified atom stereocenters. The summed E-state index contributed by atoms with van der Waals surface area (Å²) in [6, 6.07) is 6.95. The van der Waals surface area contributed by atoms with Gasteiger partial charge < -0.3 is 4.74 Å². The lowest BCUT2D eigenvalue weighted by molar-refractivity contribution is 0.0444. The molecule has 2 heterocycles. The molecule has 0 radical (unpaired) electrons. The van der Waals surface area contributed by atoms with Crippen molar-refractivity contribution in [3.63, 3.8) is 0 Å². The molecule has 2 aromatic rings. The molecular weight excluding hydrogens is 194 g/mol. The van der Waals surface area contributed by atoms with Crippen molar-refractivity contribution < 1.29 is 14.3 Å². The van der Waals surface area contributed by atoms with E-state index in [0.29, 0.717) is 11.1 Å². The summed E-state index contributed by atoms with van der Waals surface area (Å²) in [5.41, 5.74) is 1.09. The van der Waals surface area contributed by atoms with Crippen LogP contribution >= 0.6 is 0 Å². The van der Waals surface area contributed by atoms with Crippen LogP contribution in [0.2, 0.25) is 0 Å². The Balaban J connectivity index is 2.49. The maximum Gasteiger partial charge on any atom is 0.349 e. The van der Waals surface area contributed by atoms with Gasteiger partial charge in [0.15, 0.2) is 0 Å². The maximum absolute atomic E-state index is 11.4. The van der Waals surface area contributed by atoms with Crippen LogP contribution in [0.3, 0.4) is 0 Å². The number of rotatable bonds is 0. The first-order valence-electron chi connectivity index (χ1n) is 4.41. The topological polar surface area (TPSA) is 56.3 Å². The van der Waals surface area contributed by atoms with Crippen LogP contribution in [0, 0.1) is 0 Å². The third-order valence-corrected chi connectivity index (χ3v) is 2.38. The summed E-state index contributed by atoms with van der Waals surface area (Å²) in [5, 5.41) is 0.822. The standard InChI is InChI=1S/C11H5NO3/c13-10-7-4-3-6-2-1-5-12-9(6)8(7)11(14)15-10/h1-5H. The summed E-state index contributed by atoms with van der Waals surface area (Å²) in [7, 11) is 0. The Labute approximate surface area is 84.5 Å². The number of esters is 2. The number of hydrogen-bond donors (Lipinski definition) is 0. The number of benzene rings is 1. The van der Waals surface area contributed by atoms with Crippen molar-refractivity contribution in [3.05, 3.63) is 41.6 Å². The van der Waals surface area contributed by atoms with E-state index in [0.717, 1.165) is 5.39 Å². The molecule has 4 heteroatoms. The van der Waals surface area contributed by atoms with E-state index < -0.39 is 11.9 Å². The summed E-state index contributed by atoms with van der Waals surface area (Å²) in [6.07, 6.45) is 1.58. The summed E-state index contributed by atoms with van der Waals surface area (Å²) in [4.78, 5) is 26.7. The van der Waals surface area contributed by atoms with Crippen molar-refractivity contribution in [2.24, 2.45) is 0 Å². The number of cyclic esters (lactones) is 2. The van der Waals surface area contributed by atoms with E-state index >= 15 is 0 Å². The van der Waals surface area contributed by atoms with E-state index in [-0.39, 0.29) is 5.56 Å². The van der Waals surface area contributed by atoms with Crippen LogP contribution < -0.4 is 0 Å². The van der Waals surface area contributed by atoms with Gasteiger partial charge >= 0.3 is 11.9 Å². The second kappa shape index (κ2) is 2.63. The fraction of sp³-hybridized carbons (Fsp3) is 0. The summed E-state index contributed by atoms with van der Waals surface area (Å²) in [6.45, 7) is 0. The zero-order chi connectivity index (χ0) is 10.4. The van der Waals surface area contributed by atoms with Gasteiger partial charge in [0.1, 0.15) is 5.56 Å². The lowest BCUT2D eigenvalue weighted by atomic mass is 10.1. The minimum atomic E-state index is -0.612. The Bertz CT molecular complexity index is 604. The van der Waals surface area contributed by atoms with Gasteiger partial charge in [-0.15, -0.1) is 0 Å². The zero-order valence-electron chi connectivity index (χ0n) is 7.56. The van der Waals surface area contributed by atoms with E-state index in [1.54, 1.807) is 24.4 Å². The molecule has 0 amide bonds. The smallest absolute Gasteiger partial charge is 0.349 e. The van der Waals surface area contributed by atoms with Gasteiger partial charge in [0.25, 0.3) is 0 Å². The molecule has 0 saturated heterocycles. The number of pyridine rings is 1. The molecule has 3 rings (SSSR count). The molecule has 0 fully saturated rings. The van der Waals surface area contributed by atoms with Crippen LogP contribution in [0.1, 0.15) is 20.7 Å². The summed E-state index contributed by atoms with van der Waals surface area (Å²) in [5.74, 6) is -1.21. The van der Waals surface area contributed by atoms with E-state index in [1.165, 1.54) is 0 Å². The molecule has 0 spiro atoms. The highest BCUT2D eigenvalue weighted by atomic mass is 16.6. The molecule has 1 aromatic heterocycles. The van der Waals surface area contributed by atoms with Gasteiger partial charge in [-0.1, -0.05) is 12.1 Å². The molecule has 0 aliphatic carbocycles. The SMILES string of the molecule is O=C1OC(=O)c2c1ccc1cccnc21. The molecule has 0 atom stereocenters. The molecule has 1 aliphatic heterocycles. The molecule has 1 aliphatic rings. The van der Waals surface area contributed by atoms with Crippen LogP contribution in [-0.2, 0) is 4.74 Å². The predicted octanol–water partition coefficient (Wildman–Crippen LogP) is 1.55. The first-order valence-corrected chi connectivity index (χ1v) is 4.41. The van der Waals surface area contributed by atoms with Gasteiger partial charge in [0, 0.05) is 11.6 Å². The molecule has 4 nitrogen and oxygen atoms in total. The number of ether oxygens (including phenoxy) is 1. The lowest BCUT2D eigenvalue weighted by Gasteiger charge is -1.98. The molecule has 1 aromatic carbocycles. The second-order valence-corrected chi connectivity index (χ2v) is 3.24. The average molecular weight is 199 g/mol. The molecular formula is C11H5NO3. The number of fused-ring (bicyclic) bond motifs is 3. The highest BCUT2D eigenvalue weighted by Crippen LogP contribution is 2.26. The maximum atomic E-state index is 11.4. The first kappa shape index (κ1) is 8.11. The van der Waals surface area contributed by atoms with Crippen molar-refractivity contribution in [3.8, 4) is 0 Å². The van der Waals surface area contributed by atoms with Crippen LogP contribution in [0.15, 0.2) is 30.5 Å². The van der Waals surface area contributed by atoms with Crippen LogP contribution in [-0.4, -0.2) is 16.9 Å². The fourth-order valence-electron chi connectivity index (χ4n) is 1.71. The van der Waals surface area contributed by atoms with E-state index in [2.05, 4.69) is 9.72 Å². The third kappa shape index (κ3) is 0.985. The zero-order valence-corrected chi connectivity index (χ0v) is 7.56. The molecule has 0 N–H and O–H groups in total. The van der Waals surface area contributed by atoms with Crippen LogP contribution in [0.4, 0.5) is 0 Å². The molecule has 0 bridgehead atoms. The third-order valence-electron chi connectivity index (χ3n) is 2.38. The first-order chi connectivity index (χ1) is 7.27. The van der Waals surface area contributed by atoms with Gasteiger partial charge in [0.2, 0.25) is 0 Å². The number of carbonyl (C=O) groups is 2. The quantitative estimate of drug-likeness (QED) is 0.477. The minimum absolute atomic E-state index is 0.276. The second-order valence-electron chi connectivity index (χ2n) is 3.24. The number of nitrogens with zero attached hydrogens (tertiary/aromatic N) is 1. The fourth-order valence-corrected chi connectivity index (χ4v) is 1.71. The Kier molecular flexibility index (Phi) is 1.42.